The molecular formula is C19H20FN5O8S2. The zero-order valence-electron chi connectivity index (χ0n) is 18.2. The largest absolute Gasteiger partial charge is 0.477 e. The second kappa shape index (κ2) is 11.3. The highest BCUT2D eigenvalue weighted by Gasteiger charge is 2.54. The first-order valence-electron chi connectivity index (χ1n) is 9.97. The maximum atomic E-state index is 12.8. The van der Waals surface area contributed by atoms with Crippen molar-refractivity contribution in [2.24, 2.45) is 5.16 Å². The lowest BCUT2D eigenvalue weighted by molar-refractivity contribution is -0.150. The van der Waals surface area contributed by atoms with Crippen LogP contribution in [0.3, 0.4) is 0 Å². The van der Waals surface area contributed by atoms with Gasteiger partial charge in [-0.05, 0) is 6.92 Å². The number of hydrogen-bond acceptors (Lipinski definition) is 12. The number of hydrogen-bond donors (Lipinski definition) is 3. The standard InChI is InChI=1S/C19H20FN5O8S2/c1-8(26)4-11(27)32-5-9-6-34-17-13(16(29)25(17)14(9)18(30)31)23-15(28)12(24-33-3-2-20)10-7-35-19(21)22-10/h7,13,17H,2-6H2,1H3,(H2,21,22)(H,23,28)(H,30,31)/b24-12+/t13-,17-/m1/s1. The summed E-state index contributed by atoms with van der Waals surface area (Å²) in [5, 5.41) is 16.6. The molecule has 1 saturated heterocycles. The van der Waals surface area contributed by atoms with Crippen LogP contribution in [0.25, 0.3) is 0 Å². The lowest BCUT2D eigenvalue weighted by Crippen LogP contribution is -2.71. The minimum atomic E-state index is -1.41. The van der Waals surface area contributed by atoms with Gasteiger partial charge in [-0.3, -0.25) is 24.1 Å². The van der Waals surface area contributed by atoms with Crippen molar-refractivity contribution in [3.05, 3.63) is 22.3 Å². The number of halogens is 1. The number of amides is 2. The SMILES string of the molecule is CC(=O)CC(=O)OCC1=C(C(=O)O)N2C(=O)[C@@H](NC(=O)/C(=N/OCCF)c3csc(N)n3)[C@H]2SC1. The first-order chi connectivity index (χ1) is 16.6. The molecule has 0 aromatic carbocycles. The van der Waals surface area contributed by atoms with Crippen LogP contribution >= 0.6 is 23.1 Å². The fraction of sp³-hybridized carbons (Fsp3) is 0.421. The minimum Gasteiger partial charge on any atom is -0.477 e. The summed E-state index contributed by atoms with van der Waals surface area (Å²) in [5.41, 5.74) is 5.14. The van der Waals surface area contributed by atoms with Gasteiger partial charge in [-0.25, -0.2) is 14.2 Å². The smallest absolute Gasteiger partial charge is 0.352 e. The van der Waals surface area contributed by atoms with E-state index >= 15 is 0 Å². The predicted molar refractivity (Wildman–Crippen MR) is 121 cm³/mol. The Kier molecular flexibility index (Phi) is 8.39. The number of thioether (sulfide) groups is 1. The van der Waals surface area contributed by atoms with Gasteiger partial charge in [-0.1, -0.05) is 5.16 Å². The number of fused-ring (bicyclic) bond motifs is 1. The molecule has 13 nitrogen and oxygen atoms in total. The molecule has 0 bridgehead atoms. The number of nitrogens with zero attached hydrogens (tertiary/aromatic N) is 3. The monoisotopic (exact) mass is 529 g/mol. The number of Topliss-reactive ketones (excluding diaryl/α,β-unsaturated/α-hetero) is 1. The average Bonchev–Trinajstić information content (AvgIpc) is 3.23. The number of β-lactam (4-membered cyclic amide) rings is 1. The zero-order chi connectivity index (χ0) is 25.7. The van der Waals surface area contributed by atoms with Crippen LogP contribution in [0.2, 0.25) is 0 Å². The van der Waals surface area contributed by atoms with Crippen molar-refractivity contribution in [1.82, 2.24) is 15.2 Å². The molecule has 3 heterocycles. The molecule has 3 rings (SSSR count). The van der Waals surface area contributed by atoms with E-state index in [1.54, 1.807) is 0 Å². The number of carbonyl (C=O) groups is 5. The van der Waals surface area contributed by atoms with Gasteiger partial charge >= 0.3 is 11.9 Å². The molecule has 1 aromatic heterocycles. The van der Waals surface area contributed by atoms with Crippen LogP contribution in [0.5, 0.6) is 0 Å². The Morgan fingerprint density at radius 3 is 2.74 bits per heavy atom. The number of nitrogen functional groups attached to an aromatic ring is 1. The van der Waals surface area contributed by atoms with Gasteiger partial charge in [-0.2, -0.15) is 0 Å². The first kappa shape index (κ1) is 26.1. The molecule has 0 aliphatic carbocycles. The summed E-state index contributed by atoms with van der Waals surface area (Å²) in [4.78, 5) is 69.8. The summed E-state index contributed by atoms with van der Waals surface area (Å²) in [7, 11) is 0. The number of carbonyl (C=O) groups excluding carboxylic acids is 4. The normalized spacial score (nSPS) is 19.5. The number of aromatic nitrogens is 1. The van der Waals surface area contributed by atoms with Crippen molar-refractivity contribution in [2.45, 2.75) is 24.8 Å². The van der Waals surface area contributed by atoms with E-state index in [9.17, 15) is 33.5 Å². The minimum absolute atomic E-state index is 0.0598. The number of nitrogens with two attached hydrogens (primary N) is 1. The topological polar surface area (TPSA) is 191 Å². The van der Waals surface area contributed by atoms with Crippen LogP contribution in [-0.2, 0) is 33.5 Å². The molecule has 1 aromatic rings. The van der Waals surface area contributed by atoms with Crippen LogP contribution in [-0.4, -0.2) is 87.3 Å². The van der Waals surface area contributed by atoms with Crippen LogP contribution in [0.15, 0.2) is 21.8 Å². The quantitative estimate of drug-likeness (QED) is 0.0850. The third-order valence-corrected chi connectivity index (χ3v) is 6.65. The number of oxime groups is 1. The van der Waals surface area contributed by atoms with E-state index in [1.807, 2.05) is 0 Å². The van der Waals surface area contributed by atoms with Crippen LogP contribution in [0.4, 0.5) is 9.52 Å². The summed E-state index contributed by atoms with van der Waals surface area (Å²) in [5.74, 6) is -4.09. The Hall–Kier alpha value is -3.53. The van der Waals surface area contributed by atoms with Crippen LogP contribution in [0, 0.1) is 0 Å². The lowest BCUT2D eigenvalue weighted by Gasteiger charge is -2.49. The van der Waals surface area contributed by atoms with Gasteiger partial charge in [-0.15, -0.1) is 23.1 Å². The molecule has 2 amide bonds. The average molecular weight is 530 g/mol. The van der Waals surface area contributed by atoms with E-state index in [0.717, 1.165) is 28.0 Å². The number of carboxylic acids is 1. The number of alkyl halides is 1. The fourth-order valence-electron chi connectivity index (χ4n) is 3.17. The van der Waals surface area contributed by atoms with E-state index in [-0.39, 0.29) is 33.6 Å². The van der Waals surface area contributed by atoms with Crippen LogP contribution < -0.4 is 11.1 Å². The molecule has 2 aliphatic rings. The Morgan fingerprint density at radius 1 is 1.40 bits per heavy atom. The third-order valence-electron chi connectivity index (χ3n) is 4.64. The van der Waals surface area contributed by atoms with Gasteiger partial charge < -0.3 is 25.7 Å². The van der Waals surface area contributed by atoms with Crippen molar-refractivity contribution in [3.63, 3.8) is 0 Å². The molecule has 0 saturated carbocycles. The van der Waals surface area contributed by atoms with Gasteiger partial charge in [0.05, 0.1) is 0 Å². The first-order valence-corrected chi connectivity index (χ1v) is 11.9. The molecule has 1 fully saturated rings. The zero-order valence-corrected chi connectivity index (χ0v) is 19.8. The molecule has 2 atom stereocenters. The van der Waals surface area contributed by atoms with Crippen molar-refractivity contribution >= 4 is 63.5 Å². The number of ether oxygens (including phenoxy) is 1. The second-order valence-corrected chi connectivity index (χ2v) is 9.19. The predicted octanol–water partition coefficient (Wildman–Crippen LogP) is -0.324. The van der Waals surface area contributed by atoms with Gasteiger partial charge in [0, 0.05) is 16.7 Å². The Morgan fingerprint density at radius 2 is 2.14 bits per heavy atom. The van der Waals surface area contributed by atoms with E-state index in [2.05, 4.69) is 15.5 Å². The van der Waals surface area contributed by atoms with E-state index in [1.165, 1.54) is 12.3 Å². The Balaban J connectivity index is 1.74. The second-order valence-electron chi connectivity index (χ2n) is 7.19. The number of rotatable bonds is 11. The van der Waals surface area contributed by atoms with E-state index < -0.39 is 67.3 Å². The number of thiazole rings is 1. The fourth-order valence-corrected chi connectivity index (χ4v) is 5.05. The molecule has 35 heavy (non-hydrogen) atoms. The lowest BCUT2D eigenvalue weighted by atomic mass is 10.0. The van der Waals surface area contributed by atoms with Crippen molar-refractivity contribution in [3.8, 4) is 0 Å². The number of nitrogens with one attached hydrogen (secondary N) is 1. The summed E-state index contributed by atoms with van der Waals surface area (Å²) in [6.45, 7) is -0.438. The number of aliphatic carboxylic acids is 1. The van der Waals surface area contributed by atoms with Gasteiger partial charge in [0.2, 0.25) is 0 Å². The summed E-state index contributed by atoms with van der Waals surface area (Å²) >= 11 is 2.18. The molecule has 0 unspecified atom stereocenters. The number of carboxylic acid groups (broad SMARTS) is 1. The number of anilines is 1. The van der Waals surface area contributed by atoms with Gasteiger partial charge in [0.15, 0.2) is 10.8 Å². The van der Waals surface area contributed by atoms with Crippen molar-refractivity contribution < 1.29 is 43.0 Å². The summed E-state index contributed by atoms with van der Waals surface area (Å²) < 4.78 is 17.3. The van der Waals surface area contributed by atoms with E-state index in [4.69, 9.17) is 15.3 Å². The van der Waals surface area contributed by atoms with Crippen LogP contribution in [0.1, 0.15) is 19.0 Å². The van der Waals surface area contributed by atoms with Gasteiger partial charge in [0.1, 0.15) is 54.9 Å². The summed E-state index contributed by atoms with van der Waals surface area (Å²) in [6, 6.07) is -1.09. The maximum Gasteiger partial charge on any atom is 0.352 e. The van der Waals surface area contributed by atoms with Crippen molar-refractivity contribution in [1.29, 1.82) is 0 Å². The molecule has 16 heteroatoms. The molecule has 2 aliphatic heterocycles. The molecular weight excluding hydrogens is 509 g/mol. The molecule has 4 N–H and O–H groups in total. The summed E-state index contributed by atoms with van der Waals surface area (Å²) in [6.07, 6.45) is -0.453. The number of ketones is 1. The Bertz CT molecular complexity index is 1120. The molecule has 188 valence electrons. The third kappa shape index (κ3) is 5.94. The number of esters is 1. The maximum absolute atomic E-state index is 12.8. The van der Waals surface area contributed by atoms with Crippen molar-refractivity contribution in [2.75, 3.05) is 31.4 Å². The molecule has 0 spiro atoms. The molecule has 0 radical (unpaired) electrons. The highest BCUT2D eigenvalue weighted by Crippen LogP contribution is 2.40. The Labute approximate surface area is 205 Å². The highest BCUT2D eigenvalue weighted by atomic mass is 32.2. The van der Waals surface area contributed by atoms with E-state index in [0.29, 0.717) is 0 Å². The highest BCUT2D eigenvalue weighted by molar-refractivity contribution is 8.00. The van der Waals surface area contributed by atoms with Gasteiger partial charge in [0.25, 0.3) is 11.8 Å².